The molecule has 2 aromatic heterocycles. The molecule has 4 rings (SSSR count). The fourth-order valence-electron chi connectivity index (χ4n) is 3.63. The summed E-state index contributed by atoms with van der Waals surface area (Å²) in [6.07, 6.45) is 0. The number of nitrogens with one attached hydrogen (secondary N) is 1. The van der Waals surface area contributed by atoms with Gasteiger partial charge in [0, 0.05) is 17.0 Å². The number of nitrogens with zero attached hydrogens (tertiary/aromatic N) is 3. The number of carbonyl (C=O) groups excluding carboxylic acids is 1. The van der Waals surface area contributed by atoms with Crippen LogP contribution in [0.15, 0.2) is 48.5 Å². The molecule has 9 nitrogen and oxygen atoms in total. The van der Waals surface area contributed by atoms with Crippen LogP contribution in [0.2, 0.25) is 5.15 Å². The number of rotatable bonds is 5. The van der Waals surface area contributed by atoms with E-state index in [0.29, 0.717) is 5.69 Å². The number of anilines is 1. The number of aryl methyl sites for hydroxylation is 2. The molecule has 4 aromatic rings. The quantitative estimate of drug-likeness (QED) is 0.374. The van der Waals surface area contributed by atoms with Gasteiger partial charge in [-0.2, -0.15) is 0 Å². The summed E-state index contributed by atoms with van der Waals surface area (Å²) in [6, 6.07) is 12.4. The van der Waals surface area contributed by atoms with Gasteiger partial charge in [-0.25, -0.2) is 19.6 Å². The van der Waals surface area contributed by atoms with E-state index in [1.165, 1.54) is 30.3 Å². The van der Waals surface area contributed by atoms with Crippen molar-refractivity contribution in [2.24, 2.45) is 0 Å². The van der Waals surface area contributed by atoms with E-state index in [9.17, 15) is 24.6 Å². The Kier molecular flexibility index (Phi) is 5.57. The van der Waals surface area contributed by atoms with Crippen molar-refractivity contribution in [1.29, 1.82) is 0 Å². The van der Waals surface area contributed by atoms with Crippen molar-refractivity contribution >= 4 is 46.3 Å². The fourth-order valence-corrected chi connectivity index (χ4v) is 3.91. The van der Waals surface area contributed by atoms with Crippen LogP contribution in [0.3, 0.4) is 0 Å². The van der Waals surface area contributed by atoms with Gasteiger partial charge in [0.15, 0.2) is 0 Å². The second-order valence-corrected chi connectivity index (χ2v) is 7.64. The van der Waals surface area contributed by atoms with Crippen LogP contribution < -0.4 is 5.32 Å². The van der Waals surface area contributed by atoms with Gasteiger partial charge in [0.05, 0.1) is 27.7 Å². The maximum absolute atomic E-state index is 12.9. The fraction of sp³-hybridized carbons (Fsp3) is 0.0870. The van der Waals surface area contributed by atoms with Crippen LogP contribution in [0.4, 0.5) is 5.95 Å². The highest BCUT2D eigenvalue weighted by molar-refractivity contribution is 6.35. The minimum atomic E-state index is -1.18. The third-order valence-corrected chi connectivity index (χ3v) is 5.41. The monoisotopic (exact) mass is 464 g/mol. The molecule has 0 radical (unpaired) electrons. The lowest BCUT2D eigenvalue weighted by atomic mass is 10.1. The standard InChI is InChI=1S/C23H17ClN4O5/c1-11-6-7-12(2)28(11)17-10-13(8-9-14(17)21(30)31)20(29)27-23-25-16-5-3-4-15(22(32)33)18(16)19(24)26-23/h3-10H,1-2H3,(H,30,31)(H,32,33)(H,25,26,27,29). The van der Waals surface area contributed by atoms with Crippen LogP contribution in [-0.2, 0) is 0 Å². The lowest BCUT2D eigenvalue weighted by molar-refractivity contribution is 0.0687. The van der Waals surface area contributed by atoms with Gasteiger partial charge in [0.25, 0.3) is 5.91 Å². The maximum atomic E-state index is 12.9. The third kappa shape index (κ3) is 4.01. The molecule has 0 bridgehead atoms. The van der Waals surface area contributed by atoms with Gasteiger partial charge in [0.2, 0.25) is 5.95 Å². The first kappa shape index (κ1) is 22.0. The van der Waals surface area contributed by atoms with Gasteiger partial charge in [-0.05, 0) is 56.3 Å². The SMILES string of the molecule is Cc1ccc(C)n1-c1cc(C(=O)Nc2nc(Cl)c3c(C(=O)O)cccc3n2)ccc1C(=O)O. The van der Waals surface area contributed by atoms with Crippen LogP contribution in [0.1, 0.15) is 42.5 Å². The maximum Gasteiger partial charge on any atom is 0.337 e. The number of hydrogen-bond donors (Lipinski definition) is 3. The molecule has 0 aliphatic heterocycles. The van der Waals surface area contributed by atoms with E-state index in [0.717, 1.165) is 11.4 Å². The summed E-state index contributed by atoms with van der Waals surface area (Å²) in [6.45, 7) is 3.67. The molecule has 0 fully saturated rings. The zero-order valence-corrected chi connectivity index (χ0v) is 18.2. The van der Waals surface area contributed by atoms with Gasteiger partial charge >= 0.3 is 11.9 Å². The Balaban J connectivity index is 1.74. The number of carboxylic acid groups (broad SMARTS) is 2. The van der Waals surface area contributed by atoms with Crippen molar-refractivity contribution in [3.05, 3.63) is 81.8 Å². The first-order chi connectivity index (χ1) is 15.7. The highest BCUT2D eigenvalue weighted by Crippen LogP contribution is 2.27. The predicted molar refractivity (Wildman–Crippen MR) is 122 cm³/mol. The number of fused-ring (bicyclic) bond motifs is 1. The second kappa shape index (κ2) is 8.36. The number of aromatic nitrogens is 3. The smallest absolute Gasteiger partial charge is 0.337 e. The van der Waals surface area contributed by atoms with Gasteiger partial charge in [-0.15, -0.1) is 0 Å². The minimum absolute atomic E-state index is 0.0418. The molecule has 0 atom stereocenters. The van der Waals surface area contributed by atoms with Crippen LogP contribution in [0.25, 0.3) is 16.6 Å². The summed E-state index contributed by atoms with van der Waals surface area (Å²) in [4.78, 5) is 44.3. The molecule has 2 heterocycles. The van der Waals surface area contributed by atoms with Crippen LogP contribution in [-0.4, -0.2) is 42.6 Å². The lowest BCUT2D eigenvalue weighted by Gasteiger charge is -2.14. The molecule has 2 aromatic carbocycles. The normalized spacial score (nSPS) is 10.9. The Labute approximate surface area is 192 Å². The Hall–Kier alpha value is -4.24. The van der Waals surface area contributed by atoms with Crippen molar-refractivity contribution in [2.45, 2.75) is 13.8 Å². The first-order valence-electron chi connectivity index (χ1n) is 9.71. The molecule has 0 unspecified atom stereocenters. The number of carbonyl (C=O) groups is 3. The summed E-state index contributed by atoms with van der Waals surface area (Å²) >= 11 is 6.19. The minimum Gasteiger partial charge on any atom is -0.478 e. The number of hydrogen-bond acceptors (Lipinski definition) is 5. The van der Waals surface area contributed by atoms with E-state index in [1.54, 1.807) is 10.6 Å². The molecule has 166 valence electrons. The highest BCUT2D eigenvalue weighted by atomic mass is 35.5. The van der Waals surface area contributed by atoms with Gasteiger partial charge in [-0.1, -0.05) is 17.7 Å². The third-order valence-electron chi connectivity index (χ3n) is 5.14. The molecule has 0 aliphatic carbocycles. The molecule has 0 spiro atoms. The Bertz CT molecular complexity index is 1440. The zero-order valence-electron chi connectivity index (χ0n) is 17.5. The molecule has 0 aliphatic rings. The van der Waals surface area contributed by atoms with Crippen LogP contribution >= 0.6 is 11.6 Å². The first-order valence-corrected chi connectivity index (χ1v) is 10.1. The predicted octanol–water partition coefficient (Wildman–Crippen LogP) is 4.34. The molecule has 33 heavy (non-hydrogen) atoms. The number of carboxylic acids is 2. The van der Waals surface area contributed by atoms with Crippen molar-refractivity contribution in [1.82, 2.24) is 14.5 Å². The molecule has 0 saturated heterocycles. The Morgan fingerprint density at radius 3 is 2.21 bits per heavy atom. The van der Waals surface area contributed by atoms with Gasteiger partial charge < -0.3 is 14.8 Å². The van der Waals surface area contributed by atoms with Crippen LogP contribution in [0, 0.1) is 13.8 Å². The summed E-state index contributed by atoms with van der Waals surface area (Å²) in [5.41, 5.74) is 2.39. The van der Waals surface area contributed by atoms with E-state index in [-0.39, 0.29) is 38.7 Å². The number of benzene rings is 2. The Morgan fingerprint density at radius 2 is 1.58 bits per heavy atom. The Morgan fingerprint density at radius 1 is 0.909 bits per heavy atom. The average Bonchev–Trinajstić information content (AvgIpc) is 3.10. The van der Waals surface area contributed by atoms with Gasteiger partial charge in [-0.3, -0.25) is 10.1 Å². The van der Waals surface area contributed by atoms with Crippen molar-refractivity contribution in [3.8, 4) is 5.69 Å². The summed E-state index contributed by atoms with van der Waals surface area (Å²) in [7, 11) is 0. The average molecular weight is 465 g/mol. The second-order valence-electron chi connectivity index (χ2n) is 7.29. The topological polar surface area (TPSA) is 134 Å². The highest BCUT2D eigenvalue weighted by Gasteiger charge is 2.19. The molecule has 3 N–H and O–H groups in total. The summed E-state index contributed by atoms with van der Waals surface area (Å²) in [5.74, 6) is -2.99. The number of aromatic carboxylic acids is 2. The summed E-state index contributed by atoms with van der Waals surface area (Å²) in [5, 5.41) is 21.5. The number of halogens is 1. The van der Waals surface area contributed by atoms with E-state index >= 15 is 0 Å². The van der Waals surface area contributed by atoms with Gasteiger partial charge in [0.1, 0.15) is 5.15 Å². The lowest BCUT2D eigenvalue weighted by Crippen LogP contribution is -2.16. The number of amides is 1. The van der Waals surface area contributed by atoms with Crippen molar-refractivity contribution < 1.29 is 24.6 Å². The molecular formula is C23H17ClN4O5. The van der Waals surface area contributed by atoms with E-state index in [2.05, 4.69) is 15.3 Å². The van der Waals surface area contributed by atoms with Crippen molar-refractivity contribution in [2.75, 3.05) is 5.32 Å². The molecule has 0 saturated carbocycles. The molecule has 1 amide bonds. The zero-order chi connectivity index (χ0) is 23.9. The largest absolute Gasteiger partial charge is 0.478 e. The van der Waals surface area contributed by atoms with E-state index in [4.69, 9.17) is 11.6 Å². The van der Waals surface area contributed by atoms with E-state index < -0.39 is 17.8 Å². The van der Waals surface area contributed by atoms with E-state index in [1.807, 2.05) is 26.0 Å². The van der Waals surface area contributed by atoms with Crippen LogP contribution in [0.5, 0.6) is 0 Å². The molecule has 10 heteroatoms. The summed E-state index contributed by atoms with van der Waals surface area (Å²) < 4.78 is 1.75. The molecular weight excluding hydrogens is 448 g/mol. The van der Waals surface area contributed by atoms with Crippen molar-refractivity contribution in [3.63, 3.8) is 0 Å².